The van der Waals surface area contributed by atoms with E-state index in [-0.39, 0.29) is 5.91 Å². The summed E-state index contributed by atoms with van der Waals surface area (Å²) in [6, 6.07) is 14.6. The Morgan fingerprint density at radius 3 is 2.15 bits per heavy atom. The van der Waals surface area contributed by atoms with E-state index >= 15 is 0 Å². The van der Waals surface area contributed by atoms with E-state index in [9.17, 15) is 4.79 Å². The minimum absolute atomic E-state index is 0.203. The largest absolute Gasteiger partial charge is 0.497 e. The standard InChI is InChI=1S/C21H25NO4/c1-15(25-19-13-11-17(24-2)12-14-19)21(23)22-16-7-9-20(10-8-16)26-18-5-3-4-6-18/h7-15,18H,3-6H2,1-2H3,(H,22,23)/t15-/m0/s1. The van der Waals surface area contributed by atoms with Crippen LogP contribution < -0.4 is 19.5 Å². The van der Waals surface area contributed by atoms with E-state index in [0.717, 1.165) is 30.0 Å². The van der Waals surface area contributed by atoms with Gasteiger partial charge in [0.15, 0.2) is 6.10 Å². The summed E-state index contributed by atoms with van der Waals surface area (Å²) in [6.07, 6.45) is 4.44. The maximum atomic E-state index is 12.3. The Morgan fingerprint density at radius 1 is 0.962 bits per heavy atom. The van der Waals surface area contributed by atoms with Gasteiger partial charge < -0.3 is 19.5 Å². The minimum atomic E-state index is -0.613. The Balaban J connectivity index is 1.51. The van der Waals surface area contributed by atoms with E-state index in [1.807, 2.05) is 24.3 Å². The lowest BCUT2D eigenvalue weighted by molar-refractivity contribution is -0.122. The van der Waals surface area contributed by atoms with Crippen molar-refractivity contribution in [2.24, 2.45) is 0 Å². The molecule has 0 spiro atoms. The maximum absolute atomic E-state index is 12.3. The van der Waals surface area contributed by atoms with Crippen molar-refractivity contribution in [1.82, 2.24) is 0 Å². The second-order valence-corrected chi connectivity index (χ2v) is 6.47. The van der Waals surface area contributed by atoms with Crippen molar-refractivity contribution in [3.05, 3.63) is 48.5 Å². The Labute approximate surface area is 154 Å². The molecular weight excluding hydrogens is 330 g/mol. The van der Waals surface area contributed by atoms with Crippen molar-refractivity contribution in [3.8, 4) is 17.2 Å². The third kappa shape index (κ3) is 4.91. The molecular formula is C21H25NO4. The van der Waals surface area contributed by atoms with Crippen molar-refractivity contribution in [3.63, 3.8) is 0 Å². The monoisotopic (exact) mass is 355 g/mol. The van der Waals surface area contributed by atoms with E-state index in [1.54, 1.807) is 38.3 Å². The van der Waals surface area contributed by atoms with E-state index in [4.69, 9.17) is 14.2 Å². The Hall–Kier alpha value is -2.69. The maximum Gasteiger partial charge on any atom is 0.265 e. The number of amides is 1. The smallest absolute Gasteiger partial charge is 0.265 e. The second kappa shape index (κ2) is 8.61. The summed E-state index contributed by atoms with van der Waals surface area (Å²) >= 11 is 0. The third-order valence-electron chi connectivity index (χ3n) is 4.47. The number of carbonyl (C=O) groups is 1. The van der Waals surface area contributed by atoms with Crippen LogP contribution in [0.2, 0.25) is 0 Å². The molecule has 3 rings (SSSR count). The van der Waals surface area contributed by atoms with E-state index in [2.05, 4.69) is 5.32 Å². The summed E-state index contributed by atoms with van der Waals surface area (Å²) in [5.74, 6) is 2.01. The van der Waals surface area contributed by atoms with Crippen molar-refractivity contribution in [2.45, 2.75) is 44.8 Å². The molecule has 1 aliphatic rings. The molecule has 1 saturated carbocycles. The number of hydrogen-bond donors (Lipinski definition) is 1. The minimum Gasteiger partial charge on any atom is -0.497 e. The molecule has 0 heterocycles. The lowest BCUT2D eigenvalue weighted by Gasteiger charge is -2.16. The van der Waals surface area contributed by atoms with E-state index in [0.29, 0.717) is 11.9 Å². The molecule has 0 radical (unpaired) electrons. The van der Waals surface area contributed by atoms with Crippen LogP contribution in [0.5, 0.6) is 17.2 Å². The summed E-state index contributed by atoms with van der Waals surface area (Å²) in [5, 5.41) is 2.86. The first-order chi connectivity index (χ1) is 12.6. The van der Waals surface area contributed by atoms with E-state index in [1.165, 1.54) is 12.8 Å². The highest BCUT2D eigenvalue weighted by molar-refractivity contribution is 5.94. The summed E-state index contributed by atoms with van der Waals surface area (Å²) in [5.41, 5.74) is 0.721. The van der Waals surface area contributed by atoms with Gasteiger partial charge in [0.25, 0.3) is 5.91 Å². The number of methoxy groups -OCH3 is 1. The summed E-state index contributed by atoms with van der Waals surface area (Å²) in [4.78, 5) is 12.3. The normalized spacial score (nSPS) is 15.3. The number of rotatable bonds is 7. The molecule has 138 valence electrons. The zero-order valence-electron chi connectivity index (χ0n) is 15.2. The van der Waals surface area contributed by atoms with Gasteiger partial charge in [-0.05, 0) is 81.1 Å². The fourth-order valence-corrected chi connectivity index (χ4v) is 2.97. The van der Waals surface area contributed by atoms with Crippen molar-refractivity contribution in [1.29, 1.82) is 0 Å². The van der Waals surface area contributed by atoms with Gasteiger partial charge in [0.05, 0.1) is 13.2 Å². The average Bonchev–Trinajstić information content (AvgIpc) is 3.17. The van der Waals surface area contributed by atoms with Crippen LogP contribution in [0, 0.1) is 0 Å². The first-order valence-electron chi connectivity index (χ1n) is 9.02. The molecule has 0 unspecified atom stereocenters. The number of ether oxygens (including phenoxy) is 3. The predicted molar refractivity (Wildman–Crippen MR) is 101 cm³/mol. The highest BCUT2D eigenvalue weighted by Crippen LogP contribution is 2.25. The summed E-state index contributed by atoms with van der Waals surface area (Å²) < 4.78 is 16.7. The topological polar surface area (TPSA) is 56.8 Å². The lowest BCUT2D eigenvalue weighted by Crippen LogP contribution is -2.30. The molecule has 0 aliphatic heterocycles. The Kier molecular flexibility index (Phi) is 6.00. The number of nitrogens with one attached hydrogen (secondary N) is 1. The van der Waals surface area contributed by atoms with Gasteiger partial charge in [0.2, 0.25) is 0 Å². The number of carbonyl (C=O) groups excluding carboxylic acids is 1. The summed E-state index contributed by atoms with van der Waals surface area (Å²) in [6.45, 7) is 1.72. The molecule has 2 aromatic rings. The van der Waals surface area contributed by atoms with Gasteiger partial charge in [0, 0.05) is 5.69 Å². The molecule has 5 heteroatoms. The molecule has 1 N–H and O–H groups in total. The lowest BCUT2D eigenvalue weighted by atomic mass is 10.2. The van der Waals surface area contributed by atoms with Gasteiger partial charge in [-0.15, -0.1) is 0 Å². The summed E-state index contributed by atoms with van der Waals surface area (Å²) in [7, 11) is 1.61. The molecule has 0 saturated heterocycles. The van der Waals surface area contributed by atoms with E-state index < -0.39 is 6.10 Å². The van der Waals surface area contributed by atoms with Crippen molar-refractivity contribution >= 4 is 11.6 Å². The first-order valence-corrected chi connectivity index (χ1v) is 9.02. The SMILES string of the molecule is COc1ccc(O[C@@H](C)C(=O)Nc2ccc(OC3CCCC3)cc2)cc1. The molecule has 1 amide bonds. The van der Waals surface area contributed by atoms with Crippen molar-refractivity contribution in [2.75, 3.05) is 12.4 Å². The van der Waals surface area contributed by atoms with Crippen LogP contribution in [0.15, 0.2) is 48.5 Å². The Bertz CT molecular complexity index is 706. The molecule has 1 aliphatic carbocycles. The molecule has 26 heavy (non-hydrogen) atoms. The van der Waals surface area contributed by atoms with Gasteiger partial charge in [-0.2, -0.15) is 0 Å². The quantitative estimate of drug-likeness (QED) is 0.799. The molecule has 1 atom stereocenters. The third-order valence-corrected chi connectivity index (χ3v) is 4.47. The zero-order chi connectivity index (χ0) is 18.4. The van der Waals surface area contributed by atoms with Crippen molar-refractivity contribution < 1.29 is 19.0 Å². The van der Waals surface area contributed by atoms with Crippen LogP contribution in [0.4, 0.5) is 5.69 Å². The highest BCUT2D eigenvalue weighted by atomic mass is 16.5. The molecule has 1 fully saturated rings. The van der Waals surface area contributed by atoms with Gasteiger partial charge in [-0.25, -0.2) is 0 Å². The Morgan fingerprint density at radius 2 is 1.54 bits per heavy atom. The van der Waals surface area contributed by atoms with Crippen LogP contribution in [0.1, 0.15) is 32.6 Å². The van der Waals surface area contributed by atoms with Crippen LogP contribution in [-0.2, 0) is 4.79 Å². The van der Waals surface area contributed by atoms with Crippen LogP contribution in [0.3, 0.4) is 0 Å². The highest BCUT2D eigenvalue weighted by Gasteiger charge is 2.17. The number of hydrogen-bond acceptors (Lipinski definition) is 4. The predicted octanol–water partition coefficient (Wildman–Crippen LogP) is 4.42. The van der Waals surface area contributed by atoms with Gasteiger partial charge >= 0.3 is 0 Å². The second-order valence-electron chi connectivity index (χ2n) is 6.47. The fourth-order valence-electron chi connectivity index (χ4n) is 2.97. The average molecular weight is 355 g/mol. The van der Waals surface area contributed by atoms with Crippen LogP contribution >= 0.6 is 0 Å². The molecule has 2 aromatic carbocycles. The number of anilines is 1. The van der Waals surface area contributed by atoms with Gasteiger partial charge in [0.1, 0.15) is 17.2 Å². The van der Waals surface area contributed by atoms with Gasteiger partial charge in [-0.1, -0.05) is 0 Å². The first kappa shape index (κ1) is 18.1. The molecule has 0 bridgehead atoms. The van der Waals surface area contributed by atoms with Crippen LogP contribution in [0.25, 0.3) is 0 Å². The zero-order valence-corrected chi connectivity index (χ0v) is 15.2. The van der Waals surface area contributed by atoms with Gasteiger partial charge in [-0.3, -0.25) is 4.79 Å². The number of benzene rings is 2. The molecule has 5 nitrogen and oxygen atoms in total. The fraction of sp³-hybridized carbons (Fsp3) is 0.381. The van der Waals surface area contributed by atoms with Crippen LogP contribution in [-0.4, -0.2) is 25.2 Å². The molecule has 0 aromatic heterocycles.